The van der Waals surface area contributed by atoms with Crippen molar-refractivity contribution >= 4 is 0 Å². The SMILES string of the molecule is Cc1ccc(C(N)C2COc3ccccc3C2)cc1C. The average Bonchev–Trinajstić information content (AvgIpc) is 2.49. The zero-order chi connectivity index (χ0) is 14.1. The fourth-order valence-corrected chi connectivity index (χ4v) is 2.83. The molecule has 0 spiro atoms. The van der Waals surface area contributed by atoms with Gasteiger partial charge in [0, 0.05) is 12.0 Å². The van der Waals surface area contributed by atoms with Gasteiger partial charge in [-0.2, -0.15) is 0 Å². The third-order valence-corrected chi connectivity index (χ3v) is 4.33. The Hall–Kier alpha value is -1.80. The highest BCUT2D eigenvalue weighted by atomic mass is 16.5. The number of aryl methyl sites for hydroxylation is 2. The Bertz CT molecular complexity index is 621. The average molecular weight is 267 g/mol. The molecule has 0 radical (unpaired) electrons. The van der Waals surface area contributed by atoms with Crippen molar-refractivity contribution in [2.45, 2.75) is 26.3 Å². The summed E-state index contributed by atoms with van der Waals surface area (Å²) in [6.45, 7) is 4.97. The Morgan fingerprint density at radius 2 is 1.90 bits per heavy atom. The van der Waals surface area contributed by atoms with Gasteiger partial charge < -0.3 is 10.5 Å². The first-order chi connectivity index (χ1) is 9.65. The summed E-state index contributed by atoms with van der Waals surface area (Å²) in [5, 5.41) is 0. The van der Waals surface area contributed by atoms with E-state index in [4.69, 9.17) is 10.5 Å². The third-order valence-electron chi connectivity index (χ3n) is 4.33. The molecule has 3 rings (SSSR count). The summed E-state index contributed by atoms with van der Waals surface area (Å²) in [4.78, 5) is 0. The fourth-order valence-electron chi connectivity index (χ4n) is 2.83. The first-order valence-electron chi connectivity index (χ1n) is 7.18. The van der Waals surface area contributed by atoms with Gasteiger partial charge in [0.25, 0.3) is 0 Å². The minimum Gasteiger partial charge on any atom is -0.493 e. The lowest BCUT2D eigenvalue weighted by Crippen LogP contribution is -2.31. The summed E-state index contributed by atoms with van der Waals surface area (Å²) in [7, 11) is 0. The number of benzene rings is 2. The molecule has 1 aliphatic rings. The van der Waals surface area contributed by atoms with Crippen molar-refractivity contribution in [3.05, 3.63) is 64.7 Å². The van der Waals surface area contributed by atoms with Gasteiger partial charge in [0.05, 0.1) is 6.61 Å². The van der Waals surface area contributed by atoms with Gasteiger partial charge in [-0.05, 0) is 48.6 Å². The second kappa shape index (κ2) is 5.29. The van der Waals surface area contributed by atoms with E-state index < -0.39 is 0 Å². The van der Waals surface area contributed by atoms with Crippen LogP contribution >= 0.6 is 0 Å². The van der Waals surface area contributed by atoms with Crippen LogP contribution in [-0.4, -0.2) is 6.61 Å². The Morgan fingerprint density at radius 3 is 2.70 bits per heavy atom. The van der Waals surface area contributed by atoms with E-state index in [1.165, 1.54) is 22.3 Å². The first-order valence-corrected chi connectivity index (χ1v) is 7.18. The van der Waals surface area contributed by atoms with Crippen molar-refractivity contribution in [3.63, 3.8) is 0 Å². The van der Waals surface area contributed by atoms with Crippen LogP contribution in [0.15, 0.2) is 42.5 Å². The van der Waals surface area contributed by atoms with E-state index in [2.05, 4.69) is 44.2 Å². The van der Waals surface area contributed by atoms with Crippen molar-refractivity contribution in [2.24, 2.45) is 11.7 Å². The van der Waals surface area contributed by atoms with Gasteiger partial charge in [-0.15, -0.1) is 0 Å². The molecule has 1 heterocycles. The summed E-state index contributed by atoms with van der Waals surface area (Å²) in [5.74, 6) is 1.35. The van der Waals surface area contributed by atoms with Gasteiger partial charge in [0.2, 0.25) is 0 Å². The molecule has 2 atom stereocenters. The number of nitrogens with two attached hydrogens (primary N) is 1. The Kier molecular flexibility index (Phi) is 3.49. The first kappa shape index (κ1) is 13.2. The molecule has 1 aliphatic heterocycles. The molecule has 0 bridgehead atoms. The number of para-hydroxylation sites is 1. The van der Waals surface area contributed by atoms with Crippen LogP contribution in [0, 0.1) is 19.8 Å². The Morgan fingerprint density at radius 1 is 1.10 bits per heavy atom. The summed E-state index contributed by atoms with van der Waals surface area (Å²) < 4.78 is 5.85. The predicted octanol–water partition coefficient (Wildman–Crippen LogP) is 3.55. The quantitative estimate of drug-likeness (QED) is 0.903. The summed E-state index contributed by atoms with van der Waals surface area (Å²) in [6, 6.07) is 14.8. The van der Waals surface area contributed by atoms with E-state index in [-0.39, 0.29) is 6.04 Å². The molecule has 2 heteroatoms. The number of ether oxygens (including phenoxy) is 1. The number of rotatable bonds is 2. The zero-order valence-electron chi connectivity index (χ0n) is 12.1. The summed E-state index contributed by atoms with van der Waals surface area (Å²) >= 11 is 0. The molecule has 0 fully saturated rings. The molecule has 0 aliphatic carbocycles. The smallest absolute Gasteiger partial charge is 0.122 e. The van der Waals surface area contributed by atoms with Gasteiger partial charge >= 0.3 is 0 Å². The van der Waals surface area contributed by atoms with Crippen LogP contribution in [0.4, 0.5) is 0 Å². The molecule has 0 saturated heterocycles. The maximum absolute atomic E-state index is 6.47. The maximum Gasteiger partial charge on any atom is 0.122 e. The second-order valence-corrected chi connectivity index (χ2v) is 5.75. The molecule has 2 N–H and O–H groups in total. The predicted molar refractivity (Wildman–Crippen MR) is 82.0 cm³/mol. The highest BCUT2D eigenvalue weighted by Gasteiger charge is 2.26. The lowest BCUT2D eigenvalue weighted by atomic mass is 9.86. The molecular weight excluding hydrogens is 246 g/mol. The lowest BCUT2D eigenvalue weighted by molar-refractivity contribution is 0.200. The van der Waals surface area contributed by atoms with Crippen molar-refractivity contribution in [1.82, 2.24) is 0 Å². The van der Waals surface area contributed by atoms with E-state index in [1.807, 2.05) is 12.1 Å². The molecule has 2 aromatic carbocycles. The largest absolute Gasteiger partial charge is 0.493 e. The molecule has 20 heavy (non-hydrogen) atoms. The van der Waals surface area contributed by atoms with Crippen molar-refractivity contribution in [3.8, 4) is 5.75 Å². The molecular formula is C18H21NO. The number of fused-ring (bicyclic) bond motifs is 1. The van der Waals surface area contributed by atoms with Gasteiger partial charge in [-0.25, -0.2) is 0 Å². The van der Waals surface area contributed by atoms with E-state index in [0.29, 0.717) is 12.5 Å². The van der Waals surface area contributed by atoms with Gasteiger partial charge in [0.15, 0.2) is 0 Å². The van der Waals surface area contributed by atoms with Crippen LogP contribution in [0.25, 0.3) is 0 Å². The minimum atomic E-state index is 0.0302. The topological polar surface area (TPSA) is 35.2 Å². The van der Waals surface area contributed by atoms with E-state index in [0.717, 1.165) is 12.2 Å². The highest BCUT2D eigenvalue weighted by molar-refractivity contribution is 5.37. The highest BCUT2D eigenvalue weighted by Crippen LogP contribution is 2.32. The lowest BCUT2D eigenvalue weighted by Gasteiger charge is -2.30. The molecule has 104 valence electrons. The molecule has 0 saturated carbocycles. The molecule has 0 amide bonds. The maximum atomic E-state index is 6.47. The van der Waals surface area contributed by atoms with Gasteiger partial charge in [-0.1, -0.05) is 36.4 Å². The fraction of sp³-hybridized carbons (Fsp3) is 0.333. The van der Waals surface area contributed by atoms with Gasteiger partial charge in [0.1, 0.15) is 5.75 Å². The van der Waals surface area contributed by atoms with E-state index >= 15 is 0 Å². The van der Waals surface area contributed by atoms with E-state index in [9.17, 15) is 0 Å². The zero-order valence-corrected chi connectivity index (χ0v) is 12.1. The number of hydrogen-bond acceptors (Lipinski definition) is 2. The Balaban J connectivity index is 1.82. The van der Waals surface area contributed by atoms with Crippen LogP contribution in [-0.2, 0) is 6.42 Å². The number of hydrogen-bond donors (Lipinski definition) is 1. The van der Waals surface area contributed by atoms with Crippen LogP contribution in [0.1, 0.15) is 28.3 Å². The second-order valence-electron chi connectivity index (χ2n) is 5.75. The Labute approximate surface area is 120 Å². The standard InChI is InChI=1S/C18H21NO/c1-12-7-8-15(9-13(12)2)18(19)16-10-14-5-3-4-6-17(14)20-11-16/h3-9,16,18H,10-11,19H2,1-2H3. The summed E-state index contributed by atoms with van der Waals surface area (Å²) in [5.41, 5.74) is 11.6. The molecule has 2 unspecified atom stereocenters. The minimum absolute atomic E-state index is 0.0302. The third kappa shape index (κ3) is 2.44. The van der Waals surface area contributed by atoms with Crippen molar-refractivity contribution < 1.29 is 4.74 Å². The van der Waals surface area contributed by atoms with Crippen molar-refractivity contribution in [1.29, 1.82) is 0 Å². The van der Waals surface area contributed by atoms with Crippen LogP contribution in [0.2, 0.25) is 0 Å². The monoisotopic (exact) mass is 267 g/mol. The van der Waals surface area contributed by atoms with Crippen molar-refractivity contribution in [2.75, 3.05) is 6.61 Å². The van der Waals surface area contributed by atoms with Crippen LogP contribution in [0.5, 0.6) is 5.75 Å². The molecule has 0 aromatic heterocycles. The van der Waals surface area contributed by atoms with E-state index in [1.54, 1.807) is 0 Å². The molecule has 2 nitrogen and oxygen atoms in total. The van der Waals surface area contributed by atoms with Gasteiger partial charge in [-0.3, -0.25) is 0 Å². The normalized spacial score (nSPS) is 19.1. The van der Waals surface area contributed by atoms with Crippen LogP contribution in [0.3, 0.4) is 0 Å². The van der Waals surface area contributed by atoms with Crippen LogP contribution < -0.4 is 10.5 Å². The molecule has 2 aromatic rings. The summed E-state index contributed by atoms with van der Waals surface area (Å²) in [6.07, 6.45) is 0.990.